The minimum atomic E-state index is -0.0150. The summed E-state index contributed by atoms with van der Waals surface area (Å²) in [7, 11) is 0. The van der Waals surface area contributed by atoms with E-state index in [9.17, 15) is 4.79 Å². The molecule has 0 aromatic rings. The Kier molecular flexibility index (Phi) is 6.52. The van der Waals surface area contributed by atoms with Gasteiger partial charge in [0.1, 0.15) is 0 Å². The number of rotatable bonds is 5. The Morgan fingerprint density at radius 3 is 2.82 bits per heavy atom. The Morgan fingerprint density at radius 1 is 1.41 bits per heavy atom. The molecule has 4 nitrogen and oxygen atoms in total. The molecule has 0 aromatic heterocycles. The number of hydrogen-bond donors (Lipinski definition) is 3. The van der Waals surface area contributed by atoms with Crippen molar-refractivity contribution in [1.82, 2.24) is 5.32 Å². The Morgan fingerprint density at radius 2 is 2.12 bits per heavy atom. The van der Waals surface area contributed by atoms with Crippen LogP contribution in [0, 0.1) is 11.8 Å². The fraction of sp³-hybridized carbons (Fsp3) is 0.923. The van der Waals surface area contributed by atoms with E-state index in [-0.39, 0.29) is 24.5 Å². The summed E-state index contributed by atoms with van der Waals surface area (Å²) < 4.78 is 0. The Bertz CT molecular complexity index is 233. The fourth-order valence-corrected chi connectivity index (χ4v) is 2.39. The van der Waals surface area contributed by atoms with Crippen molar-refractivity contribution in [2.45, 2.75) is 51.5 Å². The molecular formula is C13H26N2O2. The summed E-state index contributed by atoms with van der Waals surface area (Å²) in [6.45, 7) is 2.85. The van der Waals surface area contributed by atoms with Crippen LogP contribution in [0.3, 0.4) is 0 Å². The highest BCUT2D eigenvalue weighted by Gasteiger charge is 2.26. The minimum Gasteiger partial charge on any atom is -0.396 e. The van der Waals surface area contributed by atoms with Gasteiger partial charge in [0, 0.05) is 19.2 Å². The number of carbonyl (C=O) groups is 1. The van der Waals surface area contributed by atoms with Gasteiger partial charge in [-0.1, -0.05) is 26.2 Å². The standard InChI is InChI=1S/C13H26N2O2/c1-10(7-8-16)9-15-13(17)11-5-3-2-4-6-12(11)14/h10-12,16H,2-9,14H2,1H3,(H,15,17). The van der Waals surface area contributed by atoms with Crippen molar-refractivity contribution in [2.75, 3.05) is 13.2 Å². The van der Waals surface area contributed by atoms with E-state index in [4.69, 9.17) is 10.8 Å². The molecule has 4 heteroatoms. The third-order valence-corrected chi connectivity index (χ3v) is 3.65. The summed E-state index contributed by atoms with van der Waals surface area (Å²) in [5.41, 5.74) is 6.04. The molecule has 0 radical (unpaired) electrons. The Hall–Kier alpha value is -0.610. The topological polar surface area (TPSA) is 75.3 Å². The number of amides is 1. The number of nitrogens with two attached hydrogens (primary N) is 1. The lowest BCUT2D eigenvalue weighted by Crippen LogP contribution is -2.42. The van der Waals surface area contributed by atoms with Gasteiger partial charge in [-0.05, 0) is 25.2 Å². The van der Waals surface area contributed by atoms with E-state index in [1.54, 1.807) is 0 Å². The summed E-state index contributed by atoms with van der Waals surface area (Å²) >= 11 is 0. The molecule has 1 aliphatic carbocycles. The maximum absolute atomic E-state index is 12.0. The van der Waals surface area contributed by atoms with Gasteiger partial charge >= 0.3 is 0 Å². The van der Waals surface area contributed by atoms with E-state index in [0.717, 1.165) is 32.1 Å². The van der Waals surface area contributed by atoms with Gasteiger partial charge in [-0.15, -0.1) is 0 Å². The van der Waals surface area contributed by atoms with Crippen molar-refractivity contribution in [3.63, 3.8) is 0 Å². The normalized spacial score (nSPS) is 27.2. The molecule has 0 spiro atoms. The molecule has 0 saturated heterocycles. The quantitative estimate of drug-likeness (QED) is 0.630. The van der Waals surface area contributed by atoms with Crippen LogP contribution in [0.4, 0.5) is 0 Å². The van der Waals surface area contributed by atoms with Gasteiger partial charge < -0.3 is 16.2 Å². The first kappa shape index (κ1) is 14.5. The van der Waals surface area contributed by atoms with Gasteiger partial charge in [-0.25, -0.2) is 0 Å². The zero-order valence-electron chi connectivity index (χ0n) is 10.8. The van der Waals surface area contributed by atoms with Gasteiger partial charge in [0.15, 0.2) is 0 Å². The molecule has 0 aromatic carbocycles. The van der Waals surface area contributed by atoms with Crippen molar-refractivity contribution in [1.29, 1.82) is 0 Å². The number of aliphatic hydroxyl groups excluding tert-OH is 1. The van der Waals surface area contributed by atoms with E-state index >= 15 is 0 Å². The number of hydrogen-bond acceptors (Lipinski definition) is 3. The summed E-state index contributed by atoms with van der Waals surface area (Å²) in [4.78, 5) is 12.0. The zero-order valence-corrected chi connectivity index (χ0v) is 10.8. The van der Waals surface area contributed by atoms with E-state index < -0.39 is 0 Å². The first-order chi connectivity index (χ1) is 8.15. The average molecular weight is 242 g/mol. The molecular weight excluding hydrogens is 216 g/mol. The van der Waals surface area contributed by atoms with E-state index in [0.29, 0.717) is 12.5 Å². The summed E-state index contributed by atoms with van der Waals surface area (Å²) in [5.74, 6) is 0.411. The third kappa shape index (κ3) is 5.04. The first-order valence-corrected chi connectivity index (χ1v) is 6.79. The van der Waals surface area contributed by atoms with Gasteiger partial charge in [0.2, 0.25) is 5.91 Å². The molecule has 1 fully saturated rings. The van der Waals surface area contributed by atoms with Gasteiger partial charge in [-0.3, -0.25) is 4.79 Å². The molecule has 17 heavy (non-hydrogen) atoms. The number of aliphatic hydroxyl groups is 1. The predicted molar refractivity (Wildman–Crippen MR) is 68.4 cm³/mol. The van der Waals surface area contributed by atoms with Crippen LogP contribution in [-0.4, -0.2) is 30.2 Å². The van der Waals surface area contributed by atoms with Gasteiger partial charge in [0.25, 0.3) is 0 Å². The molecule has 1 aliphatic rings. The lowest BCUT2D eigenvalue weighted by atomic mass is 9.94. The van der Waals surface area contributed by atoms with Gasteiger partial charge in [0.05, 0.1) is 5.92 Å². The third-order valence-electron chi connectivity index (χ3n) is 3.65. The molecule has 100 valence electrons. The first-order valence-electron chi connectivity index (χ1n) is 6.79. The van der Waals surface area contributed by atoms with Crippen molar-refractivity contribution in [2.24, 2.45) is 17.6 Å². The van der Waals surface area contributed by atoms with Crippen LogP contribution >= 0.6 is 0 Å². The number of carbonyl (C=O) groups excluding carboxylic acids is 1. The molecule has 1 saturated carbocycles. The van der Waals surface area contributed by atoms with Crippen molar-refractivity contribution in [3.8, 4) is 0 Å². The molecule has 0 bridgehead atoms. The smallest absolute Gasteiger partial charge is 0.224 e. The molecule has 1 rings (SSSR count). The predicted octanol–water partition coefficient (Wildman–Crippen LogP) is 1.03. The minimum absolute atomic E-state index is 0.0150. The monoisotopic (exact) mass is 242 g/mol. The van der Waals surface area contributed by atoms with Gasteiger partial charge in [-0.2, -0.15) is 0 Å². The summed E-state index contributed by atoms with van der Waals surface area (Å²) in [6, 6.07) is 0.0191. The van der Waals surface area contributed by atoms with Crippen LogP contribution in [0.1, 0.15) is 45.4 Å². The average Bonchev–Trinajstić information content (AvgIpc) is 2.51. The highest BCUT2D eigenvalue weighted by atomic mass is 16.3. The van der Waals surface area contributed by atoms with Crippen LogP contribution in [0.25, 0.3) is 0 Å². The van der Waals surface area contributed by atoms with Crippen LogP contribution in [-0.2, 0) is 4.79 Å². The highest BCUT2D eigenvalue weighted by molar-refractivity contribution is 5.79. The molecule has 0 heterocycles. The second-order valence-electron chi connectivity index (χ2n) is 5.27. The number of nitrogens with one attached hydrogen (secondary N) is 1. The summed E-state index contributed by atoms with van der Waals surface area (Å²) in [5, 5.41) is 11.8. The van der Waals surface area contributed by atoms with Crippen molar-refractivity contribution in [3.05, 3.63) is 0 Å². The maximum Gasteiger partial charge on any atom is 0.224 e. The second-order valence-corrected chi connectivity index (χ2v) is 5.27. The largest absolute Gasteiger partial charge is 0.396 e. The lowest BCUT2D eigenvalue weighted by Gasteiger charge is -2.21. The Labute approximate surface area is 104 Å². The van der Waals surface area contributed by atoms with Crippen molar-refractivity contribution >= 4 is 5.91 Å². The zero-order chi connectivity index (χ0) is 12.7. The molecule has 1 amide bonds. The molecule has 4 N–H and O–H groups in total. The highest BCUT2D eigenvalue weighted by Crippen LogP contribution is 2.22. The SMILES string of the molecule is CC(CCO)CNC(=O)C1CCCCCC1N. The van der Waals surface area contributed by atoms with Crippen LogP contribution < -0.4 is 11.1 Å². The lowest BCUT2D eigenvalue weighted by molar-refractivity contribution is -0.126. The van der Waals surface area contributed by atoms with E-state index in [1.807, 2.05) is 6.92 Å². The summed E-state index contributed by atoms with van der Waals surface area (Å²) in [6.07, 6.45) is 6.06. The van der Waals surface area contributed by atoms with Crippen LogP contribution in [0.15, 0.2) is 0 Å². The molecule has 3 unspecified atom stereocenters. The second kappa shape index (κ2) is 7.67. The van der Waals surface area contributed by atoms with E-state index in [2.05, 4.69) is 5.32 Å². The van der Waals surface area contributed by atoms with E-state index in [1.165, 1.54) is 6.42 Å². The van der Waals surface area contributed by atoms with Crippen LogP contribution in [0.2, 0.25) is 0 Å². The maximum atomic E-state index is 12.0. The van der Waals surface area contributed by atoms with Crippen LogP contribution in [0.5, 0.6) is 0 Å². The Balaban J connectivity index is 2.34. The fourth-order valence-electron chi connectivity index (χ4n) is 2.39. The molecule has 0 aliphatic heterocycles. The van der Waals surface area contributed by atoms with Crippen molar-refractivity contribution < 1.29 is 9.90 Å². The molecule has 3 atom stereocenters.